The second-order valence-electron chi connectivity index (χ2n) is 4.10. The van der Waals surface area contributed by atoms with Gasteiger partial charge in [-0.05, 0) is 24.1 Å². The summed E-state index contributed by atoms with van der Waals surface area (Å²) in [4.78, 5) is 0. The molecule has 0 bridgehead atoms. The minimum absolute atomic E-state index is 0.0704. The maximum atomic E-state index is 6.28. The number of morpholine rings is 1. The summed E-state index contributed by atoms with van der Waals surface area (Å²) in [7, 11) is 1.68. The molecule has 0 aliphatic carbocycles. The highest BCUT2D eigenvalue weighted by Crippen LogP contribution is 2.32. The van der Waals surface area contributed by atoms with Crippen molar-refractivity contribution in [2.24, 2.45) is 0 Å². The summed E-state index contributed by atoms with van der Waals surface area (Å²) in [6.45, 7) is 4.54. The van der Waals surface area contributed by atoms with Gasteiger partial charge >= 0.3 is 0 Å². The van der Waals surface area contributed by atoms with Gasteiger partial charge in [-0.2, -0.15) is 0 Å². The average molecular weight is 256 g/mol. The fourth-order valence-corrected chi connectivity index (χ4v) is 2.47. The molecule has 17 heavy (non-hydrogen) atoms. The smallest absolute Gasteiger partial charge is 0.123 e. The van der Waals surface area contributed by atoms with E-state index in [1.165, 1.54) is 0 Å². The zero-order valence-corrected chi connectivity index (χ0v) is 11.0. The van der Waals surface area contributed by atoms with Crippen molar-refractivity contribution >= 4 is 11.6 Å². The van der Waals surface area contributed by atoms with E-state index in [-0.39, 0.29) is 6.10 Å². The topological polar surface area (TPSA) is 30.5 Å². The van der Waals surface area contributed by atoms with Gasteiger partial charge in [0.15, 0.2) is 0 Å². The van der Waals surface area contributed by atoms with E-state index in [2.05, 4.69) is 12.2 Å². The Balaban J connectivity index is 2.31. The van der Waals surface area contributed by atoms with E-state index in [4.69, 9.17) is 21.1 Å². The van der Waals surface area contributed by atoms with Gasteiger partial charge in [0.25, 0.3) is 0 Å². The Morgan fingerprint density at radius 1 is 1.53 bits per heavy atom. The van der Waals surface area contributed by atoms with Crippen LogP contribution in [0.2, 0.25) is 5.02 Å². The minimum Gasteiger partial charge on any atom is -0.496 e. The summed E-state index contributed by atoms with van der Waals surface area (Å²) in [6, 6.07) is 4.02. The molecule has 0 amide bonds. The third-order valence-corrected chi connectivity index (χ3v) is 3.39. The average Bonchev–Trinajstić information content (AvgIpc) is 2.38. The lowest BCUT2D eigenvalue weighted by Gasteiger charge is -2.25. The number of hydrogen-bond acceptors (Lipinski definition) is 3. The number of ether oxygens (including phenoxy) is 2. The predicted octanol–water partition coefficient (Wildman–Crippen LogP) is 2.57. The van der Waals surface area contributed by atoms with Crippen molar-refractivity contribution in [3.63, 3.8) is 0 Å². The zero-order valence-electron chi connectivity index (χ0n) is 10.3. The van der Waals surface area contributed by atoms with Gasteiger partial charge in [0.2, 0.25) is 0 Å². The number of rotatable bonds is 3. The number of methoxy groups -OCH3 is 1. The summed E-state index contributed by atoms with van der Waals surface area (Å²) < 4.78 is 11.1. The molecule has 1 aromatic rings. The first kappa shape index (κ1) is 12.7. The fourth-order valence-electron chi connectivity index (χ4n) is 2.12. The lowest BCUT2D eigenvalue weighted by Crippen LogP contribution is -2.33. The van der Waals surface area contributed by atoms with Gasteiger partial charge in [-0.15, -0.1) is 0 Å². The molecular weight excluding hydrogens is 238 g/mol. The van der Waals surface area contributed by atoms with Crippen molar-refractivity contribution in [1.82, 2.24) is 5.32 Å². The van der Waals surface area contributed by atoms with Gasteiger partial charge < -0.3 is 14.8 Å². The molecule has 1 heterocycles. The highest BCUT2D eigenvalue weighted by atomic mass is 35.5. The molecule has 1 aromatic carbocycles. The standard InChI is InChI=1S/C13H18ClNO2/c1-3-10-11(14)6-9(7-12(10)16-2)13-8-15-4-5-17-13/h6-7,13,15H,3-5,8H2,1-2H3. The highest BCUT2D eigenvalue weighted by Gasteiger charge is 2.18. The Kier molecular flexibility index (Phi) is 4.26. The first-order valence-electron chi connectivity index (χ1n) is 5.95. The van der Waals surface area contributed by atoms with Crippen LogP contribution < -0.4 is 10.1 Å². The quantitative estimate of drug-likeness (QED) is 0.901. The number of hydrogen-bond donors (Lipinski definition) is 1. The molecule has 0 aromatic heterocycles. The van der Waals surface area contributed by atoms with Crippen LogP contribution >= 0.6 is 11.6 Å². The zero-order chi connectivity index (χ0) is 12.3. The third kappa shape index (κ3) is 2.73. The molecule has 0 spiro atoms. The molecule has 1 saturated heterocycles. The Labute approximate surface area is 107 Å². The van der Waals surface area contributed by atoms with E-state index in [1.54, 1.807) is 7.11 Å². The van der Waals surface area contributed by atoms with Gasteiger partial charge in [0.1, 0.15) is 5.75 Å². The van der Waals surface area contributed by atoms with Gasteiger partial charge in [-0.1, -0.05) is 18.5 Å². The monoisotopic (exact) mass is 255 g/mol. The van der Waals surface area contributed by atoms with E-state index in [0.29, 0.717) is 0 Å². The Morgan fingerprint density at radius 2 is 2.35 bits per heavy atom. The first-order chi connectivity index (χ1) is 8.26. The van der Waals surface area contributed by atoms with E-state index in [1.807, 2.05) is 12.1 Å². The molecule has 1 aliphatic rings. The summed E-state index contributed by atoms with van der Waals surface area (Å²) in [6.07, 6.45) is 0.938. The number of benzene rings is 1. The van der Waals surface area contributed by atoms with Crippen molar-refractivity contribution < 1.29 is 9.47 Å². The van der Waals surface area contributed by atoms with Crippen LogP contribution in [0, 0.1) is 0 Å². The van der Waals surface area contributed by atoms with E-state index >= 15 is 0 Å². The Bertz CT molecular complexity index is 389. The van der Waals surface area contributed by atoms with Crippen LogP contribution in [0.3, 0.4) is 0 Å². The van der Waals surface area contributed by atoms with Crippen LogP contribution in [0.1, 0.15) is 24.2 Å². The molecule has 1 aliphatic heterocycles. The fraction of sp³-hybridized carbons (Fsp3) is 0.538. The maximum absolute atomic E-state index is 6.28. The van der Waals surface area contributed by atoms with Gasteiger partial charge in [0.05, 0.1) is 19.8 Å². The number of nitrogens with one attached hydrogen (secondary N) is 1. The van der Waals surface area contributed by atoms with Crippen molar-refractivity contribution in [3.8, 4) is 5.75 Å². The molecule has 1 N–H and O–H groups in total. The van der Waals surface area contributed by atoms with Gasteiger partial charge in [-0.25, -0.2) is 0 Å². The van der Waals surface area contributed by atoms with E-state index in [9.17, 15) is 0 Å². The molecule has 2 rings (SSSR count). The molecular formula is C13H18ClNO2. The van der Waals surface area contributed by atoms with Crippen LogP contribution in [0.25, 0.3) is 0 Å². The summed E-state index contributed by atoms with van der Waals surface area (Å²) in [5.41, 5.74) is 2.14. The van der Waals surface area contributed by atoms with Crippen molar-refractivity contribution in [3.05, 3.63) is 28.3 Å². The van der Waals surface area contributed by atoms with E-state index in [0.717, 1.165) is 48.0 Å². The van der Waals surface area contributed by atoms with Crippen molar-refractivity contribution in [1.29, 1.82) is 0 Å². The van der Waals surface area contributed by atoms with Crippen molar-refractivity contribution in [2.75, 3.05) is 26.8 Å². The second-order valence-corrected chi connectivity index (χ2v) is 4.51. The molecule has 0 saturated carbocycles. The van der Waals surface area contributed by atoms with Gasteiger partial charge in [-0.3, -0.25) is 0 Å². The Hall–Kier alpha value is -0.770. The molecule has 1 atom stereocenters. The molecule has 1 unspecified atom stereocenters. The molecule has 0 radical (unpaired) electrons. The predicted molar refractivity (Wildman–Crippen MR) is 68.9 cm³/mol. The SMILES string of the molecule is CCc1c(Cl)cc(C2CNCCO2)cc1OC. The number of halogens is 1. The Morgan fingerprint density at radius 3 is 2.94 bits per heavy atom. The van der Waals surface area contributed by atoms with Crippen molar-refractivity contribution in [2.45, 2.75) is 19.4 Å². The lowest BCUT2D eigenvalue weighted by atomic mass is 10.0. The van der Waals surface area contributed by atoms with Crippen LogP contribution in [0.15, 0.2) is 12.1 Å². The third-order valence-electron chi connectivity index (χ3n) is 3.05. The molecule has 4 heteroatoms. The van der Waals surface area contributed by atoms with Crippen LogP contribution in [-0.4, -0.2) is 26.8 Å². The first-order valence-corrected chi connectivity index (χ1v) is 6.32. The summed E-state index contributed by atoms with van der Waals surface area (Å²) >= 11 is 6.28. The largest absolute Gasteiger partial charge is 0.496 e. The normalized spacial score (nSPS) is 20.3. The molecule has 1 fully saturated rings. The highest BCUT2D eigenvalue weighted by molar-refractivity contribution is 6.31. The molecule has 94 valence electrons. The van der Waals surface area contributed by atoms with Crippen LogP contribution in [-0.2, 0) is 11.2 Å². The molecule has 3 nitrogen and oxygen atoms in total. The minimum atomic E-state index is 0.0704. The van der Waals surface area contributed by atoms with Crippen LogP contribution in [0.4, 0.5) is 0 Å². The lowest BCUT2D eigenvalue weighted by molar-refractivity contribution is 0.0276. The second kappa shape index (κ2) is 5.71. The maximum Gasteiger partial charge on any atom is 0.123 e. The van der Waals surface area contributed by atoms with E-state index < -0.39 is 0 Å². The summed E-state index contributed by atoms with van der Waals surface area (Å²) in [5.74, 6) is 0.851. The summed E-state index contributed by atoms with van der Waals surface area (Å²) in [5, 5.41) is 4.07. The van der Waals surface area contributed by atoms with Crippen LogP contribution in [0.5, 0.6) is 5.75 Å². The van der Waals surface area contributed by atoms with Gasteiger partial charge in [0, 0.05) is 23.7 Å².